The molecule has 2 rings (SSSR count). The molecule has 0 radical (unpaired) electrons. The summed E-state index contributed by atoms with van der Waals surface area (Å²) in [6, 6.07) is 8.54. The number of hydrogen-bond donors (Lipinski definition) is 2. The second-order valence-corrected chi connectivity index (χ2v) is 4.43. The van der Waals surface area contributed by atoms with Crippen molar-refractivity contribution < 1.29 is 0 Å². The van der Waals surface area contributed by atoms with Gasteiger partial charge in [-0.1, -0.05) is 12.1 Å². The molecule has 0 amide bonds. The highest BCUT2D eigenvalue weighted by atomic mass is 32.2. The third-order valence-corrected chi connectivity index (χ3v) is 2.92. The van der Waals surface area contributed by atoms with Gasteiger partial charge in [-0.25, -0.2) is 4.98 Å². The molecular weight excluding hydrogens is 218 g/mol. The maximum absolute atomic E-state index is 3.97. The molecule has 0 bridgehead atoms. The summed E-state index contributed by atoms with van der Waals surface area (Å²) in [7, 11) is 0. The van der Waals surface area contributed by atoms with Crippen molar-refractivity contribution >= 4 is 17.4 Å². The summed E-state index contributed by atoms with van der Waals surface area (Å²) in [6.07, 6.45) is 5.64. The number of aromatic nitrogens is 2. The standard InChI is InChI=1S/C12H15N3S/c1-16-8-10-2-4-11(5-3-10)14-7-12-6-13-9-15-12/h2-6,9,14H,7-8H2,1H3,(H,13,15). The van der Waals surface area contributed by atoms with Crippen molar-refractivity contribution in [2.45, 2.75) is 12.3 Å². The number of H-pyrrole nitrogens is 1. The summed E-state index contributed by atoms with van der Waals surface area (Å²) in [5, 5.41) is 3.34. The quantitative estimate of drug-likeness (QED) is 0.834. The van der Waals surface area contributed by atoms with Gasteiger partial charge in [-0.2, -0.15) is 11.8 Å². The summed E-state index contributed by atoms with van der Waals surface area (Å²) >= 11 is 1.84. The van der Waals surface area contributed by atoms with E-state index in [0.29, 0.717) is 0 Å². The molecule has 0 fully saturated rings. The van der Waals surface area contributed by atoms with Gasteiger partial charge in [0.25, 0.3) is 0 Å². The zero-order valence-corrected chi connectivity index (χ0v) is 10.1. The molecule has 84 valence electrons. The molecule has 0 aliphatic carbocycles. The van der Waals surface area contributed by atoms with Crippen LogP contribution in [0.3, 0.4) is 0 Å². The minimum absolute atomic E-state index is 0.780. The van der Waals surface area contributed by atoms with E-state index in [0.717, 1.165) is 23.7 Å². The van der Waals surface area contributed by atoms with Crippen molar-refractivity contribution in [3.05, 3.63) is 48.0 Å². The number of aromatic amines is 1. The van der Waals surface area contributed by atoms with Crippen LogP contribution < -0.4 is 5.32 Å². The van der Waals surface area contributed by atoms with Crippen LogP contribution in [0.2, 0.25) is 0 Å². The maximum atomic E-state index is 3.97. The topological polar surface area (TPSA) is 40.7 Å². The van der Waals surface area contributed by atoms with Gasteiger partial charge in [0.15, 0.2) is 0 Å². The Kier molecular flexibility index (Phi) is 3.88. The SMILES string of the molecule is CSCc1ccc(NCc2cnc[nH]2)cc1. The highest BCUT2D eigenvalue weighted by molar-refractivity contribution is 7.97. The first-order chi connectivity index (χ1) is 7.88. The van der Waals surface area contributed by atoms with Crippen LogP contribution in [0.25, 0.3) is 0 Å². The van der Waals surface area contributed by atoms with Gasteiger partial charge in [0.05, 0.1) is 18.6 Å². The fraction of sp³-hybridized carbons (Fsp3) is 0.250. The molecule has 3 nitrogen and oxygen atoms in total. The fourth-order valence-corrected chi connectivity index (χ4v) is 1.99. The normalized spacial score (nSPS) is 10.3. The van der Waals surface area contributed by atoms with Crippen LogP contribution >= 0.6 is 11.8 Å². The highest BCUT2D eigenvalue weighted by Gasteiger charge is 1.95. The first-order valence-corrected chi connectivity index (χ1v) is 6.57. The molecule has 16 heavy (non-hydrogen) atoms. The summed E-state index contributed by atoms with van der Waals surface area (Å²) < 4.78 is 0. The van der Waals surface area contributed by atoms with E-state index in [4.69, 9.17) is 0 Å². The van der Waals surface area contributed by atoms with Gasteiger partial charge < -0.3 is 10.3 Å². The van der Waals surface area contributed by atoms with E-state index in [1.54, 1.807) is 6.33 Å². The molecule has 0 unspecified atom stereocenters. The Morgan fingerprint density at radius 3 is 2.75 bits per heavy atom. The van der Waals surface area contributed by atoms with Crippen LogP contribution in [0.5, 0.6) is 0 Å². The third-order valence-electron chi connectivity index (χ3n) is 2.30. The molecule has 1 aromatic heterocycles. The van der Waals surface area contributed by atoms with Crippen molar-refractivity contribution in [3.63, 3.8) is 0 Å². The van der Waals surface area contributed by atoms with Gasteiger partial charge in [0.1, 0.15) is 0 Å². The molecule has 2 N–H and O–H groups in total. The lowest BCUT2D eigenvalue weighted by Gasteiger charge is -2.05. The van der Waals surface area contributed by atoms with E-state index in [1.807, 2.05) is 18.0 Å². The lowest BCUT2D eigenvalue weighted by molar-refractivity contribution is 1.07. The number of rotatable bonds is 5. The van der Waals surface area contributed by atoms with Crippen LogP contribution in [-0.2, 0) is 12.3 Å². The maximum Gasteiger partial charge on any atom is 0.0922 e. The molecule has 0 saturated heterocycles. The number of nitrogens with zero attached hydrogens (tertiary/aromatic N) is 1. The predicted molar refractivity (Wildman–Crippen MR) is 69.6 cm³/mol. The van der Waals surface area contributed by atoms with E-state index < -0.39 is 0 Å². The van der Waals surface area contributed by atoms with Crippen molar-refractivity contribution in [2.75, 3.05) is 11.6 Å². The molecule has 2 aromatic rings. The Labute approximate surface area is 99.7 Å². The van der Waals surface area contributed by atoms with Crippen LogP contribution in [0.1, 0.15) is 11.3 Å². The first-order valence-electron chi connectivity index (χ1n) is 5.17. The fourth-order valence-electron chi connectivity index (χ4n) is 1.46. The largest absolute Gasteiger partial charge is 0.379 e. The smallest absolute Gasteiger partial charge is 0.0922 e. The molecule has 4 heteroatoms. The number of nitrogens with one attached hydrogen (secondary N) is 2. The summed E-state index contributed by atoms with van der Waals surface area (Å²) in [5.41, 5.74) is 3.59. The number of hydrogen-bond acceptors (Lipinski definition) is 3. The minimum atomic E-state index is 0.780. The molecule has 0 saturated carbocycles. The summed E-state index contributed by atoms with van der Waals surface area (Å²) in [5.74, 6) is 1.07. The van der Waals surface area contributed by atoms with Crippen LogP contribution in [0.15, 0.2) is 36.8 Å². The Morgan fingerprint density at radius 1 is 1.31 bits per heavy atom. The Hall–Kier alpha value is -1.42. The van der Waals surface area contributed by atoms with Gasteiger partial charge in [-0.05, 0) is 24.0 Å². The lowest BCUT2D eigenvalue weighted by atomic mass is 10.2. The highest BCUT2D eigenvalue weighted by Crippen LogP contribution is 2.14. The van der Waals surface area contributed by atoms with E-state index >= 15 is 0 Å². The number of imidazole rings is 1. The van der Waals surface area contributed by atoms with Crippen LogP contribution in [0.4, 0.5) is 5.69 Å². The van der Waals surface area contributed by atoms with Crippen molar-refractivity contribution in [2.24, 2.45) is 0 Å². The van der Waals surface area contributed by atoms with Gasteiger partial charge in [0.2, 0.25) is 0 Å². The second kappa shape index (κ2) is 5.61. The average Bonchev–Trinajstić information content (AvgIpc) is 2.82. The van der Waals surface area contributed by atoms with Crippen molar-refractivity contribution in [3.8, 4) is 0 Å². The molecule has 0 spiro atoms. The molecule has 0 aliphatic rings. The zero-order chi connectivity index (χ0) is 11.2. The van der Waals surface area contributed by atoms with Crippen LogP contribution in [0, 0.1) is 0 Å². The van der Waals surface area contributed by atoms with E-state index in [9.17, 15) is 0 Å². The number of thioether (sulfide) groups is 1. The average molecular weight is 233 g/mol. The molecule has 0 aliphatic heterocycles. The Morgan fingerprint density at radius 2 is 2.12 bits per heavy atom. The second-order valence-electron chi connectivity index (χ2n) is 3.56. The Bertz CT molecular complexity index is 408. The van der Waals surface area contributed by atoms with Gasteiger partial charge in [0, 0.05) is 17.6 Å². The third kappa shape index (κ3) is 3.03. The van der Waals surface area contributed by atoms with Crippen molar-refractivity contribution in [1.82, 2.24) is 9.97 Å². The first kappa shape index (κ1) is 11.1. The van der Waals surface area contributed by atoms with Gasteiger partial charge >= 0.3 is 0 Å². The molecule has 0 atom stereocenters. The summed E-state index contributed by atoms with van der Waals surface area (Å²) in [6.45, 7) is 0.780. The number of benzene rings is 1. The molecule has 1 aromatic carbocycles. The zero-order valence-electron chi connectivity index (χ0n) is 9.23. The monoisotopic (exact) mass is 233 g/mol. The van der Waals surface area contributed by atoms with E-state index in [2.05, 4.69) is 45.8 Å². The van der Waals surface area contributed by atoms with E-state index in [-0.39, 0.29) is 0 Å². The minimum Gasteiger partial charge on any atom is -0.379 e. The number of anilines is 1. The van der Waals surface area contributed by atoms with Gasteiger partial charge in [-0.15, -0.1) is 0 Å². The predicted octanol–water partition coefficient (Wildman–Crippen LogP) is 2.88. The molecule has 1 heterocycles. The lowest BCUT2D eigenvalue weighted by Crippen LogP contribution is -1.99. The van der Waals surface area contributed by atoms with Gasteiger partial charge in [-0.3, -0.25) is 0 Å². The van der Waals surface area contributed by atoms with Crippen molar-refractivity contribution in [1.29, 1.82) is 0 Å². The Balaban J connectivity index is 1.90. The van der Waals surface area contributed by atoms with E-state index in [1.165, 1.54) is 5.56 Å². The van der Waals surface area contributed by atoms with Crippen LogP contribution in [-0.4, -0.2) is 16.2 Å². The summed E-state index contributed by atoms with van der Waals surface area (Å²) in [4.78, 5) is 7.04. The molecular formula is C12H15N3S.